The van der Waals surface area contributed by atoms with Gasteiger partial charge in [-0.1, -0.05) is 35.9 Å². The Morgan fingerprint density at radius 1 is 1.09 bits per heavy atom. The Morgan fingerprint density at radius 2 is 1.79 bits per heavy atom. The summed E-state index contributed by atoms with van der Waals surface area (Å²) < 4.78 is 33.6. The van der Waals surface area contributed by atoms with Gasteiger partial charge in [-0.25, -0.2) is 13.7 Å². The topological polar surface area (TPSA) is 58.6 Å². The van der Waals surface area contributed by atoms with Crippen LogP contribution in [-0.2, 0) is 16.2 Å². The van der Waals surface area contributed by atoms with E-state index < -0.39 is 17.6 Å². The highest BCUT2D eigenvalue weighted by Gasteiger charge is 2.35. The number of nitrogens with one attached hydrogen (secondary N) is 1. The number of carbonyl (C=O) groups excluding carboxylic acids is 2. The molecule has 10 heteroatoms. The molecule has 2 amide bonds. The van der Waals surface area contributed by atoms with Crippen molar-refractivity contribution in [2.75, 3.05) is 4.90 Å². The quantitative estimate of drug-likeness (QED) is 0.243. The molecule has 4 rings (SSSR count). The predicted octanol–water partition coefficient (Wildman–Crippen LogP) is 5.79. The van der Waals surface area contributed by atoms with Crippen molar-refractivity contribution in [3.05, 3.63) is 98.5 Å². The van der Waals surface area contributed by atoms with Gasteiger partial charge in [0, 0.05) is 0 Å². The fraction of sp³-hybridized carbons (Fsp3) is 0.0417. The van der Waals surface area contributed by atoms with E-state index in [1.807, 2.05) is 0 Å². The summed E-state index contributed by atoms with van der Waals surface area (Å²) in [6.07, 6.45) is 1.33. The van der Waals surface area contributed by atoms with E-state index >= 15 is 0 Å². The molecule has 1 N–H and O–H groups in total. The average Bonchev–Trinajstić information content (AvgIpc) is 2.78. The van der Waals surface area contributed by atoms with E-state index in [4.69, 9.17) is 28.6 Å². The number of benzene rings is 3. The summed E-state index contributed by atoms with van der Waals surface area (Å²) in [6, 6.07) is 14.6. The minimum Gasteiger partial charge on any atom is -0.486 e. The van der Waals surface area contributed by atoms with Crippen LogP contribution in [0.25, 0.3) is 6.08 Å². The Labute approximate surface area is 212 Å². The van der Waals surface area contributed by atoms with Gasteiger partial charge in [-0.05, 0) is 81.7 Å². The summed E-state index contributed by atoms with van der Waals surface area (Å²) in [6.45, 7) is 0.148. The van der Waals surface area contributed by atoms with Crippen molar-refractivity contribution >= 4 is 68.4 Å². The fourth-order valence-electron chi connectivity index (χ4n) is 3.21. The van der Waals surface area contributed by atoms with Crippen molar-refractivity contribution in [2.45, 2.75) is 6.61 Å². The van der Waals surface area contributed by atoms with E-state index in [0.29, 0.717) is 15.8 Å². The van der Waals surface area contributed by atoms with Crippen LogP contribution in [-0.4, -0.2) is 16.9 Å². The summed E-state index contributed by atoms with van der Waals surface area (Å²) in [5.74, 6) is -2.17. The zero-order valence-corrected chi connectivity index (χ0v) is 20.3. The molecule has 5 nitrogen and oxygen atoms in total. The van der Waals surface area contributed by atoms with E-state index in [1.165, 1.54) is 42.5 Å². The molecule has 0 bridgehead atoms. The third-order valence-electron chi connectivity index (χ3n) is 4.82. The number of halogens is 4. The summed E-state index contributed by atoms with van der Waals surface area (Å²) in [5, 5.41) is 2.40. The summed E-state index contributed by atoms with van der Waals surface area (Å²) in [4.78, 5) is 26.5. The molecular weight excluding hydrogens is 550 g/mol. The molecule has 0 aliphatic carbocycles. The lowest BCUT2D eigenvalue weighted by molar-refractivity contribution is -0.122. The van der Waals surface area contributed by atoms with Gasteiger partial charge in [0.1, 0.15) is 23.8 Å². The van der Waals surface area contributed by atoms with E-state index in [9.17, 15) is 18.4 Å². The van der Waals surface area contributed by atoms with Crippen molar-refractivity contribution < 1.29 is 23.1 Å². The van der Waals surface area contributed by atoms with Crippen LogP contribution < -0.4 is 15.0 Å². The molecule has 1 aliphatic heterocycles. The monoisotopic (exact) mass is 562 g/mol. The molecule has 172 valence electrons. The maximum absolute atomic E-state index is 14.3. The van der Waals surface area contributed by atoms with E-state index in [-0.39, 0.29) is 33.8 Å². The second-order valence-electron chi connectivity index (χ2n) is 7.14. The van der Waals surface area contributed by atoms with Crippen LogP contribution >= 0.6 is 39.7 Å². The molecule has 0 atom stereocenters. The molecule has 34 heavy (non-hydrogen) atoms. The molecule has 0 spiro atoms. The molecular formula is C24H14BrClF2N2O3S. The molecule has 0 radical (unpaired) electrons. The lowest BCUT2D eigenvalue weighted by Gasteiger charge is -2.29. The van der Waals surface area contributed by atoms with Crippen molar-refractivity contribution in [3.8, 4) is 5.75 Å². The maximum atomic E-state index is 14.3. The Bertz CT molecular complexity index is 1330. The number of nitrogens with zero attached hydrogens (tertiary/aromatic N) is 1. The normalized spacial score (nSPS) is 15.0. The van der Waals surface area contributed by atoms with Crippen LogP contribution in [0.1, 0.15) is 11.1 Å². The Balaban J connectivity index is 1.61. The van der Waals surface area contributed by atoms with E-state index in [1.54, 1.807) is 24.3 Å². The first-order valence-corrected chi connectivity index (χ1v) is 11.3. The number of rotatable bonds is 5. The van der Waals surface area contributed by atoms with Gasteiger partial charge in [0.25, 0.3) is 11.8 Å². The maximum Gasteiger partial charge on any atom is 0.270 e. The predicted molar refractivity (Wildman–Crippen MR) is 132 cm³/mol. The van der Waals surface area contributed by atoms with Crippen molar-refractivity contribution in [1.29, 1.82) is 0 Å². The van der Waals surface area contributed by atoms with E-state index in [0.717, 1.165) is 10.5 Å². The molecule has 0 aromatic heterocycles. The molecule has 3 aromatic rings. The van der Waals surface area contributed by atoms with Crippen LogP contribution in [0.15, 0.2) is 70.7 Å². The van der Waals surface area contributed by atoms with Crippen LogP contribution in [0.2, 0.25) is 5.02 Å². The zero-order chi connectivity index (χ0) is 24.4. The van der Waals surface area contributed by atoms with Gasteiger partial charge in [0.05, 0.1) is 15.2 Å². The highest BCUT2D eigenvalue weighted by atomic mass is 79.9. The molecule has 0 saturated carbocycles. The zero-order valence-electron chi connectivity index (χ0n) is 17.2. The summed E-state index contributed by atoms with van der Waals surface area (Å²) >= 11 is 14.8. The average molecular weight is 564 g/mol. The standard InChI is InChI=1S/C24H14BrClF2N2O3S/c25-17-10-14(11-18(26)21(17)33-12-13-5-7-15(27)8-6-13)9-16-22(31)29-24(34)30(23(16)32)20-4-2-1-3-19(20)28/h1-11H,12H2,(H,29,31,34)/b16-9+. The Kier molecular flexibility index (Phi) is 7.06. The Hall–Kier alpha value is -3.14. The van der Waals surface area contributed by atoms with Crippen molar-refractivity contribution in [3.63, 3.8) is 0 Å². The first kappa shape index (κ1) is 24.0. The number of hydrogen-bond acceptors (Lipinski definition) is 4. The molecule has 1 aliphatic rings. The smallest absolute Gasteiger partial charge is 0.270 e. The number of para-hydroxylation sites is 1. The number of amides is 2. The van der Waals surface area contributed by atoms with Gasteiger partial charge >= 0.3 is 0 Å². The van der Waals surface area contributed by atoms with Crippen molar-refractivity contribution in [1.82, 2.24) is 5.32 Å². The lowest BCUT2D eigenvalue weighted by Crippen LogP contribution is -2.54. The highest BCUT2D eigenvalue weighted by molar-refractivity contribution is 9.10. The van der Waals surface area contributed by atoms with Gasteiger partial charge < -0.3 is 4.74 Å². The largest absolute Gasteiger partial charge is 0.486 e. The fourth-order valence-corrected chi connectivity index (χ4v) is 4.48. The van der Waals surface area contributed by atoms with Gasteiger partial charge in [-0.15, -0.1) is 0 Å². The van der Waals surface area contributed by atoms with Gasteiger partial charge in [0.15, 0.2) is 10.9 Å². The van der Waals surface area contributed by atoms with Gasteiger partial charge in [0.2, 0.25) is 0 Å². The summed E-state index contributed by atoms with van der Waals surface area (Å²) in [7, 11) is 0. The van der Waals surface area contributed by atoms with Crippen molar-refractivity contribution in [2.24, 2.45) is 0 Å². The minimum absolute atomic E-state index is 0.0767. The van der Waals surface area contributed by atoms with Crippen LogP contribution in [0, 0.1) is 11.6 Å². The Morgan fingerprint density at radius 3 is 2.47 bits per heavy atom. The SMILES string of the molecule is O=C1NC(=S)N(c2ccccc2F)C(=O)/C1=C/c1cc(Cl)c(OCc2ccc(F)cc2)c(Br)c1. The van der Waals surface area contributed by atoms with Gasteiger partial charge in [-0.3, -0.25) is 14.9 Å². The first-order chi connectivity index (χ1) is 16.2. The lowest BCUT2D eigenvalue weighted by atomic mass is 10.1. The number of ether oxygens (including phenoxy) is 1. The molecule has 0 unspecified atom stereocenters. The van der Waals surface area contributed by atoms with E-state index in [2.05, 4.69) is 21.2 Å². The van der Waals surface area contributed by atoms with Crippen LogP contribution in [0.3, 0.4) is 0 Å². The third kappa shape index (κ3) is 5.01. The number of hydrogen-bond donors (Lipinski definition) is 1. The number of carbonyl (C=O) groups is 2. The van der Waals surface area contributed by atoms with Crippen LogP contribution in [0.5, 0.6) is 5.75 Å². The number of anilines is 1. The second-order valence-corrected chi connectivity index (χ2v) is 8.79. The summed E-state index contributed by atoms with van der Waals surface area (Å²) in [5.41, 5.74) is 0.835. The molecule has 3 aromatic carbocycles. The molecule has 1 heterocycles. The minimum atomic E-state index is -0.775. The highest BCUT2D eigenvalue weighted by Crippen LogP contribution is 2.36. The second kappa shape index (κ2) is 10.0. The molecule has 1 saturated heterocycles. The van der Waals surface area contributed by atoms with Crippen LogP contribution in [0.4, 0.5) is 14.5 Å². The third-order valence-corrected chi connectivity index (χ3v) is 5.98. The van der Waals surface area contributed by atoms with Gasteiger partial charge in [-0.2, -0.15) is 0 Å². The molecule has 1 fully saturated rings. The number of thiocarbonyl (C=S) groups is 1. The first-order valence-electron chi connectivity index (χ1n) is 9.77.